The largest absolute Gasteiger partial charge is 0.371 e. The Bertz CT molecular complexity index is 1400. The molecule has 174 valence electrons. The van der Waals surface area contributed by atoms with E-state index in [0.717, 1.165) is 17.1 Å². The van der Waals surface area contributed by atoms with E-state index < -0.39 is 6.04 Å². The van der Waals surface area contributed by atoms with Gasteiger partial charge in [-0.25, -0.2) is 4.39 Å². The number of benzene rings is 3. The van der Waals surface area contributed by atoms with Crippen molar-refractivity contribution in [3.8, 4) is 5.69 Å². The lowest BCUT2D eigenvalue weighted by atomic mass is 9.90. The van der Waals surface area contributed by atoms with Crippen molar-refractivity contribution < 1.29 is 9.18 Å². The molecule has 2 heterocycles. The van der Waals surface area contributed by atoms with E-state index in [-0.39, 0.29) is 23.8 Å². The van der Waals surface area contributed by atoms with E-state index in [2.05, 4.69) is 5.32 Å². The molecule has 0 saturated heterocycles. The third-order valence-electron chi connectivity index (χ3n) is 6.49. The molecule has 1 N–H and O–H groups in total. The van der Waals surface area contributed by atoms with E-state index >= 15 is 4.39 Å². The van der Waals surface area contributed by atoms with Gasteiger partial charge in [-0.1, -0.05) is 35.9 Å². The Labute approximate surface area is 204 Å². The van der Waals surface area contributed by atoms with Gasteiger partial charge in [0.2, 0.25) is 0 Å². The predicted molar refractivity (Wildman–Crippen MR) is 137 cm³/mol. The third kappa shape index (κ3) is 3.55. The van der Waals surface area contributed by atoms with Crippen LogP contribution < -0.4 is 5.32 Å². The number of carbonyl (C=O) groups is 1. The fourth-order valence-corrected chi connectivity index (χ4v) is 5.32. The summed E-state index contributed by atoms with van der Waals surface area (Å²) in [5.74, 6) is -0.442. The SMILES string of the molecule is CC(C)N(C(=O)c1c(C2Nc3ccc(Cl)cc3-n3cccc32)cc(F)c2ccccc12)C(C)C. The second-order valence-corrected chi connectivity index (χ2v) is 9.75. The van der Waals surface area contributed by atoms with E-state index in [0.29, 0.717) is 26.9 Å². The van der Waals surface area contributed by atoms with Crippen LogP contribution in [0.15, 0.2) is 66.9 Å². The highest BCUT2D eigenvalue weighted by Crippen LogP contribution is 2.41. The van der Waals surface area contributed by atoms with Gasteiger partial charge in [0.1, 0.15) is 5.82 Å². The van der Waals surface area contributed by atoms with Gasteiger partial charge >= 0.3 is 0 Å². The van der Waals surface area contributed by atoms with Gasteiger partial charge in [0.15, 0.2) is 0 Å². The highest BCUT2D eigenvalue weighted by atomic mass is 35.5. The number of rotatable bonds is 4. The van der Waals surface area contributed by atoms with E-state index in [1.807, 2.05) is 85.8 Å². The summed E-state index contributed by atoms with van der Waals surface area (Å²) in [5, 5.41) is 5.25. The molecule has 1 aliphatic rings. The monoisotopic (exact) mass is 475 g/mol. The third-order valence-corrected chi connectivity index (χ3v) is 6.73. The molecule has 0 fully saturated rings. The van der Waals surface area contributed by atoms with Crippen molar-refractivity contribution in [3.63, 3.8) is 0 Å². The lowest BCUT2D eigenvalue weighted by Gasteiger charge is -2.35. The zero-order valence-electron chi connectivity index (χ0n) is 19.6. The fourth-order valence-electron chi connectivity index (χ4n) is 5.15. The number of hydrogen-bond acceptors (Lipinski definition) is 2. The summed E-state index contributed by atoms with van der Waals surface area (Å²) in [4.78, 5) is 16.0. The van der Waals surface area contributed by atoms with Crippen LogP contribution in [0.1, 0.15) is 55.4 Å². The minimum absolute atomic E-state index is 0.00444. The molecule has 1 aromatic heterocycles. The molecule has 0 radical (unpaired) electrons. The number of aromatic nitrogens is 1. The summed E-state index contributed by atoms with van der Waals surface area (Å²) in [5.41, 5.74) is 3.85. The predicted octanol–water partition coefficient (Wildman–Crippen LogP) is 7.20. The van der Waals surface area contributed by atoms with Crippen molar-refractivity contribution in [1.29, 1.82) is 0 Å². The molecule has 3 aromatic carbocycles. The summed E-state index contributed by atoms with van der Waals surface area (Å²) in [6.45, 7) is 8.03. The molecule has 1 amide bonds. The van der Waals surface area contributed by atoms with Crippen molar-refractivity contribution in [3.05, 3.63) is 94.5 Å². The number of nitrogens with zero attached hydrogens (tertiary/aromatic N) is 2. The molecule has 0 bridgehead atoms. The van der Waals surface area contributed by atoms with Crippen molar-refractivity contribution in [2.24, 2.45) is 0 Å². The molecule has 5 rings (SSSR count). The van der Waals surface area contributed by atoms with Crippen LogP contribution in [0.3, 0.4) is 0 Å². The van der Waals surface area contributed by atoms with Gasteiger partial charge in [-0.15, -0.1) is 0 Å². The van der Waals surface area contributed by atoms with Crippen molar-refractivity contribution in [2.45, 2.75) is 45.8 Å². The van der Waals surface area contributed by atoms with E-state index in [4.69, 9.17) is 11.6 Å². The van der Waals surface area contributed by atoms with Crippen LogP contribution >= 0.6 is 11.6 Å². The molecular weight excluding hydrogens is 449 g/mol. The molecule has 4 nitrogen and oxygen atoms in total. The van der Waals surface area contributed by atoms with E-state index in [9.17, 15) is 4.79 Å². The van der Waals surface area contributed by atoms with Crippen LogP contribution in [0.2, 0.25) is 5.02 Å². The maximum absolute atomic E-state index is 15.4. The van der Waals surface area contributed by atoms with Crippen LogP contribution in [-0.4, -0.2) is 27.5 Å². The van der Waals surface area contributed by atoms with Gasteiger partial charge in [-0.2, -0.15) is 0 Å². The fraction of sp³-hybridized carbons (Fsp3) is 0.250. The molecule has 34 heavy (non-hydrogen) atoms. The average Bonchev–Trinajstić information content (AvgIpc) is 3.28. The molecule has 1 unspecified atom stereocenters. The quantitative estimate of drug-likeness (QED) is 0.339. The summed E-state index contributed by atoms with van der Waals surface area (Å²) in [7, 11) is 0. The molecule has 1 atom stereocenters. The number of fused-ring (bicyclic) bond motifs is 4. The number of hydrogen-bond donors (Lipinski definition) is 1. The number of halogens is 2. The Morgan fingerprint density at radius 2 is 1.71 bits per heavy atom. The van der Waals surface area contributed by atoms with Gasteiger partial charge in [-0.05, 0) is 75.0 Å². The zero-order valence-corrected chi connectivity index (χ0v) is 20.4. The first-order valence-electron chi connectivity index (χ1n) is 11.6. The first-order valence-corrected chi connectivity index (χ1v) is 11.9. The Morgan fingerprint density at radius 3 is 2.41 bits per heavy atom. The van der Waals surface area contributed by atoms with Gasteiger partial charge in [-0.3, -0.25) is 4.79 Å². The molecule has 6 heteroatoms. The second-order valence-electron chi connectivity index (χ2n) is 9.31. The van der Waals surface area contributed by atoms with E-state index in [1.165, 1.54) is 6.07 Å². The Balaban J connectivity index is 1.78. The summed E-state index contributed by atoms with van der Waals surface area (Å²) in [6.07, 6.45) is 1.96. The van der Waals surface area contributed by atoms with Crippen molar-refractivity contribution in [1.82, 2.24) is 9.47 Å². The number of anilines is 1. The molecule has 0 aliphatic carbocycles. The molecule has 1 aliphatic heterocycles. The van der Waals surface area contributed by atoms with Crippen molar-refractivity contribution >= 4 is 34.0 Å². The van der Waals surface area contributed by atoms with Crippen LogP contribution in [0.25, 0.3) is 16.5 Å². The minimum Gasteiger partial charge on any atom is -0.371 e. The van der Waals surface area contributed by atoms with Crippen LogP contribution in [-0.2, 0) is 0 Å². The Kier molecular flexibility index (Phi) is 5.61. The Hall–Kier alpha value is -3.31. The first kappa shape index (κ1) is 22.5. The smallest absolute Gasteiger partial charge is 0.255 e. The average molecular weight is 476 g/mol. The molecule has 0 spiro atoms. The standard InChI is InChI=1S/C28H27ClFN3O/c1-16(2)33(17(3)4)28(34)26-20-9-6-5-8-19(20)22(30)15-21(26)27-24-10-7-13-32(24)25-14-18(29)11-12-23(25)31-27/h5-17,27,31H,1-4H3. The second kappa shape index (κ2) is 8.48. The summed E-state index contributed by atoms with van der Waals surface area (Å²) >= 11 is 6.27. The lowest BCUT2D eigenvalue weighted by Crippen LogP contribution is -2.43. The summed E-state index contributed by atoms with van der Waals surface area (Å²) < 4.78 is 17.5. The first-order chi connectivity index (χ1) is 16.3. The highest BCUT2D eigenvalue weighted by Gasteiger charge is 2.33. The maximum Gasteiger partial charge on any atom is 0.255 e. The number of nitrogens with one attached hydrogen (secondary N) is 1. The van der Waals surface area contributed by atoms with Crippen molar-refractivity contribution in [2.75, 3.05) is 5.32 Å². The number of amides is 1. The van der Waals surface area contributed by atoms with Crippen LogP contribution in [0, 0.1) is 5.82 Å². The normalized spacial score (nSPS) is 14.8. The zero-order chi connectivity index (χ0) is 24.1. The highest BCUT2D eigenvalue weighted by molar-refractivity contribution is 6.30. The van der Waals surface area contributed by atoms with Gasteiger partial charge in [0, 0.05) is 34.4 Å². The number of carbonyl (C=O) groups excluding carboxylic acids is 1. The maximum atomic E-state index is 15.4. The Morgan fingerprint density at radius 1 is 1.00 bits per heavy atom. The van der Waals surface area contributed by atoms with E-state index in [1.54, 1.807) is 12.1 Å². The van der Waals surface area contributed by atoms with Gasteiger partial charge < -0.3 is 14.8 Å². The van der Waals surface area contributed by atoms with Crippen LogP contribution in [0.5, 0.6) is 0 Å². The summed E-state index contributed by atoms with van der Waals surface area (Å²) in [6, 6.07) is 17.9. The topological polar surface area (TPSA) is 37.3 Å². The van der Waals surface area contributed by atoms with Crippen LogP contribution in [0.4, 0.5) is 10.1 Å². The lowest BCUT2D eigenvalue weighted by molar-refractivity contribution is 0.0644. The molecular formula is C28H27ClFN3O. The minimum atomic E-state index is -0.414. The van der Waals surface area contributed by atoms with Gasteiger partial charge in [0.25, 0.3) is 5.91 Å². The molecule has 0 saturated carbocycles. The van der Waals surface area contributed by atoms with Gasteiger partial charge in [0.05, 0.1) is 23.0 Å². The molecule has 4 aromatic rings.